The number of fused-ring (bicyclic) bond motifs is 1. The molecule has 0 aliphatic carbocycles. The van der Waals surface area contributed by atoms with E-state index in [1.807, 2.05) is 6.07 Å². The van der Waals surface area contributed by atoms with E-state index >= 15 is 0 Å². The van der Waals surface area contributed by atoms with E-state index in [0.717, 1.165) is 42.2 Å². The lowest BCUT2D eigenvalue weighted by molar-refractivity contribution is 0.0977. The molecule has 4 rings (SSSR count). The smallest absolute Gasteiger partial charge is 0.257 e. The molecule has 0 saturated carbocycles. The number of rotatable bonds is 4. The van der Waals surface area contributed by atoms with Crippen LogP contribution >= 0.6 is 39.5 Å². The molecule has 2 heterocycles. The van der Waals surface area contributed by atoms with E-state index in [4.69, 9.17) is 21.7 Å². The summed E-state index contributed by atoms with van der Waals surface area (Å²) in [5.74, 6) is 0.338. The summed E-state index contributed by atoms with van der Waals surface area (Å²) < 4.78 is 12.3. The van der Waals surface area contributed by atoms with Gasteiger partial charge in [0.25, 0.3) is 5.91 Å². The van der Waals surface area contributed by atoms with Gasteiger partial charge in [-0.1, -0.05) is 11.3 Å². The summed E-state index contributed by atoms with van der Waals surface area (Å²) in [6.07, 6.45) is 0. The second-order valence-electron chi connectivity index (χ2n) is 6.53. The molecule has 2 aromatic carbocycles. The first-order valence-electron chi connectivity index (χ1n) is 9.22. The van der Waals surface area contributed by atoms with E-state index in [2.05, 4.69) is 48.6 Å². The molecule has 0 unspecified atom stereocenters. The van der Waals surface area contributed by atoms with E-state index in [-0.39, 0.29) is 11.0 Å². The van der Waals surface area contributed by atoms with Crippen molar-refractivity contribution in [2.45, 2.75) is 0 Å². The zero-order valence-electron chi connectivity index (χ0n) is 16.1. The number of nitrogens with zero attached hydrogens (tertiary/aromatic N) is 2. The zero-order chi connectivity index (χ0) is 21.1. The normalized spacial score (nSPS) is 13.9. The highest BCUT2D eigenvalue weighted by atomic mass is 79.9. The summed E-state index contributed by atoms with van der Waals surface area (Å²) in [6, 6.07) is 11.3. The first-order chi connectivity index (χ1) is 14.5. The number of ether oxygens (including phenoxy) is 2. The minimum atomic E-state index is -0.313. The maximum atomic E-state index is 12.5. The second-order valence-corrected chi connectivity index (χ2v) is 8.82. The summed E-state index contributed by atoms with van der Waals surface area (Å²) in [5.41, 5.74) is 2.50. The standard InChI is InChI=1S/C20H19BrN4O3S2/c1-27-16-5-2-12(10-14(16)21)18(26)23-19(29)24-20-22-15-4-3-13(11-17(15)30-20)25-6-8-28-9-7-25/h2-5,10-11H,6-9H2,1H3,(H2,22,23,24,26,29). The fourth-order valence-electron chi connectivity index (χ4n) is 3.10. The van der Waals surface area contributed by atoms with E-state index in [1.54, 1.807) is 25.3 Å². The number of methoxy groups -OCH3 is 1. The lowest BCUT2D eigenvalue weighted by Crippen LogP contribution is -2.36. The number of aromatic nitrogens is 1. The van der Waals surface area contributed by atoms with Gasteiger partial charge in [-0.2, -0.15) is 0 Å². The Balaban J connectivity index is 1.42. The number of carbonyl (C=O) groups is 1. The Kier molecular flexibility index (Phi) is 6.47. The van der Waals surface area contributed by atoms with Crippen LogP contribution in [0, 0.1) is 0 Å². The number of anilines is 2. The van der Waals surface area contributed by atoms with Crippen LogP contribution in [0.25, 0.3) is 10.2 Å². The molecule has 0 radical (unpaired) electrons. The number of amides is 1. The van der Waals surface area contributed by atoms with Crippen LogP contribution < -0.4 is 20.3 Å². The van der Waals surface area contributed by atoms with Crippen LogP contribution in [0.3, 0.4) is 0 Å². The molecule has 1 aliphatic heterocycles. The molecule has 0 bridgehead atoms. The fraction of sp³-hybridized carbons (Fsp3) is 0.250. The molecule has 1 aliphatic rings. The van der Waals surface area contributed by atoms with Crippen LogP contribution in [0.4, 0.5) is 10.8 Å². The molecular formula is C20H19BrN4O3S2. The SMILES string of the molecule is COc1ccc(C(=O)NC(=S)Nc2nc3ccc(N4CCOCC4)cc3s2)cc1Br. The number of hydrogen-bond donors (Lipinski definition) is 2. The van der Waals surface area contributed by atoms with Gasteiger partial charge in [-0.3, -0.25) is 10.1 Å². The summed E-state index contributed by atoms with van der Waals surface area (Å²) in [5, 5.41) is 6.51. The molecule has 3 aromatic rings. The first-order valence-corrected chi connectivity index (χ1v) is 11.2. The number of morpholine rings is 1. The third-order valence-corrected chi connectivity index (χ3v) is 6.37. The van der Waals surface area contributed by atoms with Gasteiger partial charge in [-0.25, -0.2) is 4.98 Å². The number of halogens is 1. The highest BCUT2D eigenvalue weighted by molar-refractivity contribution is 9.10. The van der Waals surface area contributed by atoms with E-state index < -0.39 is 0 Å². The van der Waals surface area contributed by atoms with Gasteiger partial charge in [0.15, 0.2) is 10.2 Å². The van der Waals surface area contributed by atoms with Gasteiger partial charge >= 0.3 is 0 Å². The van der Waals surface area contributed by atoms with Gasteiger partial charge in [-0.15, -0.1) is 0 Å². The predicted octanol–water partition coefficient (Wildman–Crippen LogP) is 4.03. The van der Waals surface area contributed by atoms with Gasteiger partial charge in [0.1, 0.15) is 5.75 Å². The van der Waals surface area contributed by atoms with Crippen LogP contribution in [-0.4, -0.2) is 49.4 Å². The average molecular weight is 507 g/mol. The Bertz CT molecular complexity index is 1100. The van der Waals surface area contributed by atoms with Crippen LogP contribution in [0.5, 0.6) is 5.75 Å². The van der Waals surface area contributed by atoms with Crippen molar-refractivity contribution in [3.8, 4) is 5.75 Å². The molecule has 1 fully saturated rings. The monoisotopic (exact) mass is 506 g/mol. The lowest BCUT2D eigenvalue weighted by atomic mass is 10.2. The fourth-order valence-corrected chi connectivity index (χ4v) is 4.79. The van der Waals surface area contributed by atoms with E-state index in [1.165, 1.54) is 11.3 Å². The van der Waals surface area contributed by atoms with Crippen LogP contribution in [0.1, 0.15) is 10.4 Å². The number of thiocarbonyl (C=S) groups is 1. The third kappa shape index (κ3) is 4.72. The molecule has 1 saturated heterocycles. The average Bonchev–Trinajstić information content (AvgIpc) is 3.15. The van der Waals surface area contributed by atoms with Gasteiger partial charge < -0.3 is 19.7 Å². The van der Waals surface area contributed by atoms with Gasteiger partial charge in [-0.05, 0) is 64.5 Å². The summed E-state index contributed by atoms with van der Waals surface area (Å²) in [4.78, 5) is 19.3. The summed E-state index contributed by atoms with van der Waals surface area (Å²) in [6.45, 7) is 3.25. The molecule has 10 heteroatoms. The van der Waals surface area contributed by atoms with Crippen molar-refractivity contribution in [1.82, 2.24) is 10.3 Å². The van der Waals surface area contributed by atoms with Crippen molar-refractivity contribution in [2.24, 2.45) is 0 Å². The Morgan fingerprint density at radius 1 is 1.27 bits per heavy atom. The maximum absolute atomic E-state index is 12.5. The van der Waals surface area contributed by atoms with E-state index in [9.17, 15) is 4.79 Å². The van der Waals surface area contributed by atoms with Crippen molar-refractivity contribution in [1.29, 1.82) is 0 Å². The van der Waals surface area contributed by atoms with Crippen LogP contribution in [0.15, 0.2) is 40.9 Å². The molecule has 30 heavy (non-hydrogen) atoms. The van der Waals surface area contributed by atoms with Gasteiger partial charge in [0.05, 0.1) is 35.0 Å². The van der Waals surface area contributed by atoms with E-state index in [0.29, 0.717) is 20.9 Å². The van der Waals surface area contributed by atoms with Gasteiger partial charge in [0.2, 0.25) is 0 Å². The Morgan fingerprint density at radius 2 is 2.07 bits per heavy atom. The number of carbonyl (C=O) groups excluding carboxylic acids is 1. The first kappa shape index (κ1) is 21.0. The minimum Gasteiger partial charge on any atom is -0.496 e. The van der Waals surface area contributed by atoms with Crippen molar-refractivity contribution >= 4 is 71.5 Å². The molecule has 1 aromatic heterocycles. The molecule has 0 spiro atoms. The molecule has 7 nitrogen and oxygen atoms in total. The van der Waals surface area contributed by atoms with Gasteiger partial charge in [0, 0.05) is 24.3 Å². The Morgan fingerprint density at radius 3 is 2.80 bits per heavy atom. The Hall–Kier alpha value is -2.27. The second kappa shape index (κ2) is 9.25. The summed E-state index contributed by atoms with van der Waals surface area (Å²) >= 11 is 10.2. The number of nitrogens with one attached hydrogen (secondary N) is 2. The Labute approximate surface area is 191 Å². The molecule has 156 valence electrons. The minimum absolute atomic E-state index is 0.194. The zero-order valence-corrected chi connectivity index (χ0v) is 19.3. The maximum Gasteiger partial charge on any atom is 0.257 e. The predicted molar refractivity (Wildman–Crippen MR) is 127 cm³/mol. The molecule has 0 atom stereocenters. The van der Waals surface area contributed by atoms with Crippen molar-refractivity contribution in [2.75, 3.05) is 43.6 Å². The summed E-state index contributed by atoms with van der Waals surface area (Å²) in [7, 11) is 1.57. The van der Waals surface area contributed by atoms with Crippen molar-refractivity contribution in [3.63, 3.8) is 0 Å². The number of benzene rings is 2. The topological polar surface area (TPSA) is 75.7 Å². The molecule has 1 amide bonds. The molecule has 2 N–H and O–H groups in total. The van der Waals surface area contributed by atoms with Crippen LogP contribution in [0.2, 0.25) is 0 Å². The highest BCUT2D eigenvalue weighted by Crippen LogP contribution is 2.30. The largest absolute Gasteiger partial charge is 0.496 e. The lowest BCUT2D eigenvalue weighted by Gasteiger charge is -2.28. The van der Waals surface area contributed by atoms with Crippen molar-refractivity contribution < 1.29 is 14.3 Å². The van der Waals surface area contributed by atoms with Crippen molar-refractivity contribution in [3.05, 3.63) is 46.4 Å². The number of thiazole rings is 1. The van der Waals surface area contributed by atoms with Crippen LogP contribution in [-0.2, 0) is 4.74 Å². The highest BCUT2D eigenvalue weighted by Gasteiger charge is 2.14. The number of hydrogen-bond acceptors (Lipinski definition) is 7. The molecular weight excluding hydrogens is 488 g/mol. The third-order valence-electron chi connectivity index (χ3n) is 4.61. The quantitative estimate of drug-likeness (QED) is 0.517.